The molecule has 104 valence electrons. The summed E-state index contributed by atoms with van der Waals surface area (Å²) in [6.45, 7) is 8.39. The zero-order chi connectivity index (χ0) is 14.7. The molecule has 1 rings (SSSR count). The maximum Gasteiger partial charge on any atom is 0.394 e. The minimum Gasteiger partial charge on any atom is -0.398 e. The molecule has 0 fully saturated rings. The lowest BCUT2D eigenvalue weighted by Gasteiger charge is -2.21. The number of rotatable bonds is 0. The largest absolute Gasteiger partial charge is 0.398 e. The van der Waals surface area contributed by atoms with E-state index in [9.17, 15) is 0 Å². The average molecular weight is 276 g/mol. The normalized spacial score (nSPS) is 11.7. The highest BCUT2D eigenvalue weighted by atomic mass is 32.3. The van der Waals surface area contributed by atoms with Gasteiger partial charge in [-0.05, 0) is 35.6 Å². The Morgan fingerprint density at radius 2 is 1.33 bits per heavy atom. The third-order valence-electron chi connectivity index (χ3n) is 2.35. The molecule has 0 saturated heterocycles. The van der Waals surface area contributed by atoms with Gasteiger partial charge in [0.2, 0.25) is 0 Å². The Morgan fingerprint density at radius 1 is 1.06 bits per heavy atom. The highest BCUT2D eigenvalue weighted by Crippen LogP contribution is 2.29. The average Bonchev–Trinajstić information content (AvgIpc) is 2.09. The summed E-state index contributed by atoms with van der Waals surface area (Å²) in [5.74, 6) is 0. The molecule has 0 bridgehead atoms. The predicted octanol–water partition coefficient (Wildman–Crippen LogP) is 1.80. The van der Waals surface area contributed by atoms with Gasteiger partial charge in [-0.2, -0.15) is 8.42 Å². The lowest BCUT2D eigenvalue weighted by molar-refractivity contribution is 0.381. The lowest BCUT2D eigenvalue weighted by atomic mass is 9.86. The molecular weight excluding hydrogens is 256 g/mol. The van der Waals surface area contributed by atoms with Crippen LogP contribution in [0.5, 0.6) is 0 Å². The molecule has 0 aliphatic rings. The number of hydrogen-bond donors (Lipinski definition) is 4. The van der Waals surface area contributed by atoms with Crippen LogP contribution in [0.4, 0.5) is 11.4 Å². The summed E-state index contributed by atoms with van der Waals surface area (Å²) < 4.78 is 31.6. The van der Waals surface area contributed by atoms with Gasteiger partial charge in [-0.25, -0.2) is 0 Å². The van der Waals surface area contributed by atoms with Crippen LogP contribution in [0.3, 0.4) is 0 Å². The van der Waals surface area contributed by atoms with E-state index in [0.717, 1.165) is 16.9 Å². The zero-order valence-corrected chi connectivity index (χ0v) is 11.7. The first kappa shape index (κ1) is 16.7. The van der Waals surface area contributed by atoms with E-state index in [0.29, 0.717) is 0 Å². The quantitative estimate of drug-likeness (QED) is 0.423. The van der Waals surface area contributed by atoms with E-state index in [2.05, 4.69) is 20.8 Å². The van der Waals surface area contributed by atoms with Crippen LogP contribution in [0.1, 0.15) is 31.9 Å². The van der Waals surface area contributed by atoms with Gasteiger partial charge in [0.25, 0.3) is 0 Å². The molecular formula is C11H20N2O4S. The topological polar surface area (TPSA) is 127 Å². The molecule has 0 atom stereocenters. The van der Waals surface area contributed by atoms with Gasteiger partial charge in [0, 0.05) is 11.4 Å². The third-order valence-corrected chi connectivity index (χ3v) is 2.35. The van der Waals surface area contributed by atoms with Crippen molar-refractivity contribution in [3.8, 4) is 0 Å². The second-order valence-electron chi connectivity index (χ2n) is 4.98. The fourth-order valence-electron chi connectivity index (χ4n) is 1.19. The van der Waals surface area contributed by atoms with E-state index in [-0.39, 0.29) is 5.41 Å². The molecule has 0 saturated carbocycles. The summed E-state index contributed by atoms with van der Waals surface area (Å²) in [5, 5.41) is 0. The van der Waals surface area contributed by atoms with Crippen LogP contribution in [0.2, 0.25) is 0 Å². The van der Waals surface area contributed by atoms with Gasteiger partial charge in [-0.15, -0.1) is 0 Å². The number of anilines is 2. The monoisotopic (exact) mass is 276 g/mol. The number of benzene rings is 1. The first-order valence-electron chi connectivity index (χ1n) is 5.18. The maximum atomic E-state index is 8.74. The van der Waals surface area contributed by atoms with E-state index < -0.39 is 10.4 Å². The molecule has 0 spiro atoms. The van der Waals surface area contributed by atoms with Gasteiger partial charge < -0.3 is 11.5 Å². The Kier molecular flexibility index (Phi) is 5.15. The highest BCUT2D eigenvalue weighted by molar-refractivity contribution is 7.79. The molecule has 0 aromatic heterocycles. The molecule has 6 N–H and O–H groups in total. The molecule has 7 heteroatoms. The van der Waals surface area contributed by atoms with Crippen LogP contribution in [0.15, 0.2) is 12.1 Å². The first-order valence-corrected chi connectivity index (χ1v) is 6.58. The fourth-order valence-corrected chi connectivity index (χ4v) is 1.19. The van der Waals surface area contributed by atoms with Crippen LogP contribution in [-0.4, -0.2) is 17.5 Å². The molecule has 0 heterocycles. The highest BCUT2D eigenvalue weighted by Gasteiger charge is 2.15. The summed E-state index contributed by atoms with van der Waals surface area (Å²) in [6, 6.07) is 4.01. The SMILES string of the molecule is Cc1c(N)cc(C(C)(C)C)cc1N.O=S(=O)(O)O. The van der Waals surface area contributed by atoms with Crippen molar-refractivity contribution in [2.24, 2.45) is 0 Å². The van der Waals surface area contributed by atoms with Crippen molar-refractivity contribution < 1.29 is 17.5 Å². The molecule has 18 heavy (non-hydrogen) atoms. The second kappa shape index (κ2) is 5.55. The molecule has 0 aliphatic carbocycles. The summed E-state index contributed by atoms with van der Waals surface area (Å²) in [6.07, 6.45) is 0. The van der Waals surface area contributed by atoms with E-state index in [1.54, 1.807) is 0 Å². The van der Waals surface area contributed by atoms with Gasteiger partial charge >= 0.3 is 10.4 Å². The molecule has 0 radical (unpaired) electrons. The Bertz CT molecular complexity index is 487. The number of hydrogen-bond acceptors (Lipinski definition) is 4. The standard InChI is InChI=1S/C11H18N2.H2O4S/c1-7-9(12)5-8(6-10(7)13)11(2,3)4;1-5(2,3)4/h5-6H,12-13H2,1-4H3;(H2,1,2,3,4). The second-order valence-corrected chi connectivity index (χ2v) is 5.87. The van der Waals surface area contributed by atoms with Crippen LogP contribution in [-0.2, 0) is 15.8 Å². The predicted molar refractivity (Wildman–Crippen MR) is 72.9 cm³/mol. The van der Waals surface area contributed by atoms with Crippen LogP contribution < -0.4 is 11.5 Å². The van der Waals surface area contributed by atoms with E-state index in [1.165, 1.54) is 5.56 Å². The van der Waals surface area contributed by atoms with Gasteiger partial charge in [0.1, 0.15) is 0 Å². The summed E-state index contributed by atoms with van der Waals surface area (Å²) in [4.78, 5) is 0. The lowest BCUT2D eigenvalue weighted by Crippen LogP contribution is -2.12. The zero-order valence-electron chi connectivity index (χ0n) is 10.9. The fraction of sp³-hybridized carbons (Fsp3) is 0.455. The molecule has 0 amide bonds. The van der Waals surface area contributed by atoms with Gasteiger partial charge in [0.05, 0.1) is 0 Å². The Labute approximate surface area is 108 Å². The first-order chi connectivity index (χ1) is 7.82. The minimum absolute atomic E-state index is 0.107. The van der Waals surface area contributed by atoms with Crippen molar-refractivity contribution in [1.29, 1.82) is 0 Å². The number of nitrogens with two attached hydrogens (primary N) is 2. The Balaban J connectivity index is 0.000000494. The van der Waals surface area contributed by atoms with Gasteiger partial charge in [-0.3, -0.25) is 9.11 Å². The summed E-state index contributed by atoms with van der Waals surface area (Å²) in [7, 11) is -4.67. The van der Waals surface area contributed by atoms with Crippen molar-refractivity contribution in [3.05, 3.63) is 23.3 Å². The molecule has 0 aliphatic heterocycles. The van der Waals surface area contributed by atoms with Crippen molar-refractivity contribution in [2.45, 2.75) is 33.1 Å². The van der Waals surface area contributed by atoms with Crippen molar-refractivity contribution in [3.63, 3.8) is 0 Å². The van der Waals surface area contributed by atoms with E-state index in [4.69, 9.17) is 29.0 Å². The molecule has 1 aromatic rings. The summed E-state index contributed by atoms with van der Waals surface area (Å²) >= 11 is 0. The molecule has 6 nitrogen and oxygen atoms in total. The van der Waals surface area contributed by atoms with Crippen molar-refractivity contribution in [2.75, 3.05) is 11.5 Å². The molecule has 1 aromatic carbocycles. The van der Waals surface area contributed by atoms with Crippen molar-refractivity contribution >= 4 is 21.8 Å². The molecule has 0 unspecified atom stereocenters. The Morgan fingerprint density at radius 3 is 1.56 bits per heavy atom. The summed E-state index contributed by atoms with van der Waals surface area (Å²) in [5.41, 5.74) is 15.5. The third kappa shape index (κ3) is 6.43. The Hall–Kier alpha value is -1.31. The van der Waals surface area contributed by atoms with Crippen LogP contribution >= 0.6 is 0 Å². The smallest absolute Gasteiger partial charge is 0.394 e. The number of nitrogen functional groups attached to an aromatic ring is 2. The maximum absolute atomic E-state index is 8.74. The van der Waals surface area contributed by atoms with Crippen LogP contribution in [0.25, 0.3) is 0 Å². The van der Waals surface area contributed by atoms with E-state index in [1.807, 2.05) is 19.1 Å². The van der Waals surface area contributed by atoms with Gasteiger partial charge in [0.15, 0.2) is 0 Å². The van der Waals surface area contributed by atoms with Crippen LogP contribution in [0, 0.1) is 6.92 Å². The van der Waals surface area contributed by atoms with E-state index >= 15 is 0 Å². The van der Waals surface area contributed by atoms with Crippen molar-refractivity contribution in [1.82, 2.24) is 0 Å². The van der Waals surface area contributed by atoms with Gasteiger partial charge in [-0.1, -0.05) is 20.8 Å². The minimum atomic E-state index is -4.67.